The maximum absolute atomic E-state index is 13.7. The lowest BCUT2D eigenvalue weighted by Crippen LogP contribution is -2.49. The predicted octanol–water partition coefficient (Wildman–Crippen LogP) is 2.72. The molecule has 1 heterocycles. The van der Waals surface area contributed by atoms with E-state index in [-0.39, 0.29) is 30.1 Å². The average molecular weight is 409 g/mol. The van der Waals surface area contributed by atoms with Crippen LogP contribution in [0.2, 0.25) is 0 Å². The number of rotatable bonds is 6. The predicted molar refractivity (Wildman–Crippen MR) is 97.6 cm³/mol. The first-order valence-corrected chi connectivity index (χ1v) is 8.72. The van der Waals surface area contributed by atoms with Crippen molar-refractivity contribution in [3.8, 4) is 11.3 Å². The van der Waals surface area contributed by atoms with Crippen molar-refractivity contribution in [2.75, 3.05) is 6.61 Å². The fourth-order valence-corrected chi connectivity index (χ4v) is 2.24. The molecular formula is C19H21F2N3O5. The van der Waals surface area contributed by atoms with Gasteiger partial charge in [0, 0.05) is 12.0 Å². The molecule has 156 valence electrons. The Kier molecular flexibility index (Phi) is 7.03. The maximum atomic E-state index is 13.7. The van der Waals surface area contributed by atoms with E-state index in [2.05, 4.69) is 10.3 Å². The van der Waals surface area contributed by atoms with E-state index >= 15 is 0 Å². The van der Waals surface area contributed by atoms with Crippen molar-refractivity contribution in [1.29, 1.82) is 0 Å². The Morgan fingerprint density at radius 2 is 1.83 bits per heavy atom. The van der Waals surface area contributed by atoms with Crippen molar-refractivity contribution in [1.82, 2.24) is 15.6 Å². The number of esters is 1. The summed E-state index contributed by atoms with van der Waals surface area (Å²) in [6.45, 7) is 4.59. The summed E-state index contributed by atoms with van der Waals surface area (Å²) < 4.78 is 37.5. The molecule has 10 heteroatoms. The number of nitrogens with zero attached hydrogens (tertiary/aromatic N) is 1. The van der Waals surface area contributed by atoms with Crippen molar-refractivity contribution in [2.45, 2.75) is 39.2 Å². The molecule has 0 spiro atoms. The number of aryl methyl sites for hydroxylation is 1. The van der Waals surface area contributed by atoms with Gasteiger partial charge in [0.1, 0.15) is 11.6 Å². The largest absolute Gasteiger partial charge is 0.456 e. The Morgan fingerprint density at radius 1 is 1.17 bits per heavy atom. The SMILES string of the molecule is CC(C)(C)NC(=O)NC(=O)COC(=O)CCc1ncc(-c2c(F)cccc2F)o1. The summed E-state index contributed by atoms with van der Waals surface area (Å²) in [4.78, 5) is 38.7. The molecule has 0 fully saturated rings. The Bertz CT molecular complexity index is 885. The molecule has 2 N–H and O–H groups in total. The molecule has 0 saturated carbocycles. The van der Waals surface area contributed by atoms with Crippen molar-refractivity contribution in [2.24, 2.45) is 0 Å². The molecule has 29 heavy (non-hydrogen) atoms. The Labute approximate surface area is 165 Å². The molecule has 8 nitrogen and oxygen atoms in total. The summed E-state index contributed by atoms with van der Waals surface area (Å²) >= 11 is 0. The van der Waals surface area contributed by atoms with Gasteiger partial charge >= 0.3 is 12.0 Å². The fraction of sp³-hybridized carbons (Fsp3) is 0.368. The highest BCUT2D eigenvalue weighted by molar-refractivity contribution is 5.95. The van der Waals surface area contributed by atoms with Crippen LogP contribution in [-0.4, -0.2) is 35.0 Å². The molecule has 0 aliphatic carbocycles. The van der Waals surface area contributed by atoms with E-state index < -0.39 is 41.7 Å². The van der Waals surface area contributed by atoms with Crippen LogP contribution in [0.1, 0.15) is 33.1 Å². The quantitative estimate of drug-likeness (QED) is 0.710. The number of benzene rings is 1. The number of urea groups is 1. The van der Waals surface area contributed by atoms with Gasteiger partial charge in [0.05, 0.1) is 18.2 Å². The molecule has 1 aromatic carbocycles. The number of ether oxygens (including phenoxy) is 1. The zero-order valence-electron chi connectivity index (χ0n) is 16.2. The molecule has 0 saturated heterocycles. The summed E-state index contributed by atoms with van der Waals surface area (Å²) in [6, 6.07) is 2.70. The first-order chi connectivity index (χ1) is 13.5. The average Bonchev–Trinajstić information content (AvgIpc) is 3.05. The molecule has 1 aromatic heterocycles. The highest BCUT2D eigenvalue weighted by Gasteiger charge is 2.18. The number of nitrogens with one attached hydrogen (secondary N) is 2. The molecule has 3 amide bonds. The second kappa shape index (κ2) is 9.26. The maximum Gasteiger partial charge on any atom is 0.321 e. The van der Waals surface area contributed by atoms with Crippen LogP contribution in [0.5, 0.6) is 0 Å². The van der Waals surface area contributed by atoms with Gasteiger partial charge in [-0.05, 0) is 32.9 Å². The van der Waals surface area contributed by atoms with Crippen LogP contribution in [-0.2, 0) is 20.7 Å². The number of hydrogen-bond acceptors (Lipinski definition) is 6. The first kappa shape index (κ1) is 22.0. The van der Waals surface area contributed by atoms with Crippen molar-refractivity contribution >= 4 is 17.9 Å². The first-order valence-electron chi connectivity index (χ1n) is 8.72. The zero-order valence-corrected chi connectivity index (χ0v) is 16.2. The minimum absolute atomic E-state index is 0.00103. The Hall–Kier alpha value is -3.30. The monoisotopic (exact) mass is 409 g/mol. The molecule has 2 rings (SSSR count). The van der Waals surface area contributed by atoms with Gasteiger partial charge in [0.25, 0.3) is 5.91 Å². The summed E-state index contributed by atoms with van der Waals surface area (Å²) in [6.07, 6.45) is 0.978. The molecule has 2 aromatic rings. The van der Waals surface area contributed by atoms with Gasteiger partial charge in [0.15, 0.2) is 18.3 Å². The van der Waals surface area contributed by atoms with Crippen molar-refractivity contribution in [3.63, 3.8) is 0 Å². The second-order valence-electron chi connectivity index (χ2n) is 7.13. The van der Waals surface area contributed by atoms with Gasteiger partial charge in [-0.25, -0.2) is 18.6 Å². The van der Waals surface area contributed by atoms with Crippen LogP contribution < -0.4 is 10.6 Å². The molecule has 0 atom stereocenters. The van der Waals surface area contributed by atoms with E-state index in [1.807, 2.05) is 5.32 Å². The smallest absolute Gasteiger partial charge is 0.321 e. The lowest BCUT2D eigenvalue weighted by molar-refractivity contribution is -0.148. The number of hydrogen-bond donors (Lipinski definition) is 2. The molecular weight excluding hydrogens is 388 g/mol. The van der Waals surface area contributed by atoms with E-state index in [9.17, 15) is 23.2 Å². The van der Waals surface area contributed by atoms with Crippen LogP contribution in [0.15, 0.2) is 28.8 Å². The second-order valence-corrected chi connectivity index (χ2v) is 7.13. The van der Waals surface area contributed by atoms with Crippen LogP contribution in [0.3, 0.4) is 0 Å². The molecule has 0 unspecified atom stereocenters. The number of halogens is 2. The lowest BCUT2D eigenvalue weighted by atomic mass is 10.1. The standard InChI is InChI=1S/C19H21F2N3O5/c1-19(2,3)24-18(27)23-14(25)10-28-16(26)8-7-15-22-9-13(29-15)17-11(20)5-4-6-12(17)21/h4-6,9H,7-8,10H2,1-3H3,(H2,23,24,25,27). The summed E-state index contributed by atoms with van der Waals surface area (Å²) in [5.41, 5.74) is -0.874. The van der Waals surface area contributed by atoms with E-state index in [1.165, 1.54) is 6.07 Å². The van der Waals surface area contributed by atoms with Gasteiger partial charge in [0.2, 0.25) is 0 Å². The molecule has 0 bridgehead atoms. The Morgan fingerprint density at radius 3 is 2.45 bits per heavy atom. The van der Waals surface area contributed by atoms with Gasteiger partial charge < -0.3 is 14.5 Å². The number of imide groups is 1. The molecule has 0 aliphatic rings. The van der Waals surface area contributed by atoms with Crippen LogP contribution in [0.25, 0.3) is 11.3 Å². The van der Waals surface area contributed by atoms with Gasteiger partial charge in [-0.3, -0.25) is 14.9 Å². The minimum atomic E-state index is -0.798. The minimum Gasteiger partial charge on any atom is -0.456 e. The lowest BCUT2D eigenvalue weighted by Gasteiger charge is -2.20. The highest BCUT2D eigenvalue weighted by Crippen LogP contribution is 2.26. The van der Waals surface area contributed by atoms with Crippen molar-refractivity contribution < 1.29 is 32.3 Å². The third-order valence-electron chi connectivity index (χ3n) is 3.41. The van der Waals surface area contributed by atoms with E-state index in [1.54, 1.807) is 20.8 Å². The fourth-order valence-electron chi connectivity index (χ4n) is 2.24. The summed E-state index contributed by atoms with van der Waals surface area (Å²) in [5.74, 6) is -3.13. The highest BCUT2D eigenvalue weighted by atomic mass is 19.1. The van der Waals surface area contributed by atoms with E-state index in [4.69, 9.17) is 9.15 Å². The van der Waals surface area contributed by atoms with Crippen LogP contribution >= 0.6 is 0 Å². The van der Waals surface area contributed by atoms with Crippen LogP contribution in [0, 0.1) is 11.6 Å². The molecule has 0 aliphatic heterocycles. The number of oxazole rings is 1. The normalized spacial score (nSPS) is 11.1. The molecule has 0 radical (unpaired) electrons. The summed E-state index contributed by atoms with van der Waals surface area (Å²) in [7, 11) is 0. The summed E-state index contributed by atoms with van der Waals surface area (Å²) in [5, 5.41) is 4.55. The van der Waals surface area contributed by atoms with E-state index in [0.29, 0.717) is 0 Å². The third-order valence-corrected chi connectivity index (χ3v) is 3.41. The van der Waals surface area contributed by atoms with Gasteiger partial charge in [-0.15, -0.1) is 0 Å². The van der Waals surface area contributed by atoms with Crippen molar-refractivity contribution in [3.05, 3.63) is 41.9 Å². The number of carbonyl (C=O) groups excluding carboxylic acids is 3. The van der Waals surface area contributed by atoms with Crippen LogP contribution in [0.4, 0.5) is 13.6 Å². The topological polar surface area (TPSA) is 111 Å². The van der Waals surface area contributed by atoms with Gasteiger partial charge in [-0.1, -0.05) is 6.07 Å². The van der Waals surface area contributed by atoms with E-state index in [0.717, 1.165) is 18.3 Å². The number of aromatic nitrogens is 1. The zero-order chi connectivity index (χ0) is 21.6. The number of carbonyl (C=O) groups is 3. The van der Waals surface area contributed by atoms with Gasteiger partial charge in [-0.2, -0.15) is 0 Å². The Balaban J connectivity index is 1.79. The third kappa shape index (κ3) is 6.98. The number of amides is 3.